The summed E-state index contributed by atoms with van der Waals surface area (Å²) in [6.07, 6.45) is 2.51. The van der Waals surface area contributed by atoms with Crippen molar-refractivity contribution in [2.75, 3.05) is 12.4 Å². The van der Waals surface area contributed by atoms with E-state index in [1.807, 2.05) is 106 Å². The van der Waals surface area contributed by atoms with Gasteiger partial charge in [0, 0.05) is 12.3 Å². The van der Waals surface area contributed by atoms with Gasteiger partial charge in [-0.2, -0.15) is 0 Å². The van der Waals surface area contributed by atoms with Crippen LogP contribution in [-0.2, 0) is 6.61 Å². The van der Waals surface area contributed by atoms with Crippen molar-refractivity contribution in [1.29, 1.82) is 0 Å². The second-order valence-electron chi connectivity index (χ2n) is 9.67. The molecule has 0 aliphatic rings. The molecule has 8 heteroatoms. The van der Waals surface area contributed by atoms with E-state index in [2.05, 4.69) is 10.4 Å². The number of nitrogens with one attached hydrogen (secondary N) is 1. The fraction of sp³-hybridized carbons (Fsp3) is 0.212. The number of aryl methyl sites for hydroxylation is 1. The van der Waals surface area contributed by atoms with E-state index < -0.39 is 0 Å². The average molecular weight is 552 g/mol. The molecule has 8 nitrogen and oxygen atoms in total. The third-order valence-corrected chi connectivity index (χ3v) is 6.67. The van der Waals surface area contributed by atoms with Crippen molar-refractivity contribution >= 4 is 17.1 Å². The van der Waals surface area contributed by atoms with E-state index in [0.29, 0.717) is 34.0 Å². The van der Waals surface area contributed by atoms with Crippen LogP contribution in [0.15, 0.2) is 91.1 Å². The Kier molecular flexibility index (Phi) is 8.39. The molecule has 41 heavy (non-hydrogen) atoms. The van der Waals surface area contributed by atoms with E-state index in [9.17, 15) is 4.79 Å². The SMILES string of the molecule is CCC(C)Oc1cc(Oc2ccccc2)c(C)cc1NC(=O)c1c(OCc2ccc(OC)cc2)nn2ccccc12. The lowest BCUT2D eigenvalue weighted by atomic mass is 10.1. The third-order valence-electron chi connectivity index (χ3n) is 6.67. The van der Waals surface area contributed by atoms with Gasteiger partial charge >= 0.3 is 0 Å². The molecule has 0 fully saturated rings. The number of pyridine rings is 1. The summed E-state index contributed by atoms with van der Waals surface area (Å²) in [6.45, 7) is 6.20. The zero-order valence-corrected chi connectivity index (χ0v) is 23.6. The molecule has 1 amide bonds. The van der Waals surface area contributed by atoms with Gasteiger partial charge in [-0.05, 0) is 73.9 Å². The number of carbonyl (C=O) groups is 1. The van der Waals surface area contributed by atoms with Crippen LogP contribution in [0.4, 0.5) is 5.69 Å². The maximum atomic E-state index is 13.9. The Morgan fingerprint density at radius 3 is 2.44 bits per heavy atom. The fourth-order valence-corrected chi connectivity index (χ4v) is 4.24. The minimum atomic E-state index is -0.360. The number of aromatic nitrogens is 2. The van der Waals surface area contributed by atoms with Crippen molar-refractivity contribution in [1.82, 2.24) is 9.61 Å². The largest absolute Gasteiger partial charge is 0.497 e. The molecule has 0 spiro atoms. The molecule has 5 aromatic rings. The molecule has 2 aromatic heterocycles. The highest BCUT2D eigenvalue weighted by Gasteiger charge is 2.23. The van der Waals surface area contributed by atoms with Crippen LogP contribution in [0, 0.1) is 6.92 Å². The number of benzene rings is 3. The van der Waals surface area contributed by atoms with Gasteiger partial charge in [-0.1, -0.05) is 43.3 Å². The molecule has 5 rings (SSSR count). The van der Waals surface area contributed by atoms with Gasteiger partial charge < -0.3 is 24.3 Å². The van der Waals surface area contributed by atoms with Crippen molar-refractivity contribution in [2.24, 2.45) is 0 Å². The minimum Gasteiger partial charge on any atom is -0.497 e. The Bertz CT molecular complexity index is 1630. The lowest BCUT2D eigenvalue weighted by Crippen LogP contribution is -2.16. The smallest absolute Gasteiger partial charge is 0.263 e. The zero-order valence-electron chi connectivity index (χ0n) is 23.6. The monoisotopic (exact) mass is 551 g/mol. The fourth-order valence-electron chi connectivity index (χ4n) is 4.24. The average Bonchev–Trinajstić information content (AvgIpc) is 3.37. The molecular formula is C33H33N3O5. The highest BCUT2D eigenvalue weighted by Crippen LogP contribution is 2.37. The molecule has 0 bridgehead atoms. The van der Waals surface area contributed by atoms with Gasteiger partial charge in [0.15, 0.2) is 0 Å². The second kappa shape index (κ2) is 12.5. The number of hydrogen-bond acceptors (Lipinski definition) is 6. The normalized spacial score (nSPS) is 11.6. The summed E-state index contributed by atoms with van der Waals surface area (Å²) in [5.74, 6) is 2.50. The quantitative estimate of drug-likeness (QED) is 0.184. The Morgan fingerprint density at radius 1 is 0.951 bits per heavy atom. The zero-order chi connectivity index (χ0) is 28.8. The van der Waals surface area contributed by atoms with Crippen LogP contribution in [0.5, 0.6) is 28.9 Å². The minimum absolute atomic E-state index is 0.0710. The standard InChI is InChI=1S/C33H33N3O5/c1-5-23(3)40-30-20-29(41-26-11-7-6-8-12-26)22(2)19-27(30)34-32(37)31-28-13-9-10-18-36(28)35-33(31)39-21-24-14-16-25(38-4)17-15-24/h6-20,23H,5,21H2,1-4H3,(H,34,37). The highest BCUT2D eigenvalue weighted by molar-refractivity contribution is 6.11. The van der Waals surface area contributed by atoms with Crippen molar-refractivity contribution in [3.05, 3.63) is 108 Å². The Labute approximate surface area is 239 Å². The van der Waals surface area contributed by atoms with E-state index in [-0.39, 0.29) is 24.5 Å². The van der Waals surface area contributed by atoms with Crippen LogP contribution < -0.4 is 24.3 Å². The second-order valence-corrected chi connectivity index (χ2v) is 9.67. The highest BCUT2D eigenvalue weighted by atomic mass is 16.5. The number of rotatable bonds is 11. The van der Waals surface area contributed by atoms with Gasteiger partial charge in [-0.3, -0.25) is 4.79 Å². The third kappa shape index (κ3) is 6.44. The maximum absolute atomic E-state index is 13.9. The van der Waals surface area contributed by atoms with Crippen LogP contribution in [0.3, 0.4) is 0 Å². The van der Waals surface area contributed by atoms with Crippen LogP contribution in [-0.4, -0.2) is 28.7 Å². The first kappa shape index (κ1) is 27.6. The van der Waals surface area contributed by atoms with Gasteiger partial charge in [0.2, 0.25) is 5.88 Å². The molecule has 1 N–H and O–H groups in total. The molecule has 2 heterocycles. The predicted octanol–water partition coefficient (Wildman–Crippen LogP) is 7.45. The van der Waals surface area contributed by atoms with Gasteiger partial charge in [0.1, 0.15) is 35.2 Å². The first-order valence-electron chi connectivity index (χ1n) is 13.5. The molecule has 0 saturated carbocycles. The van der Waals surface area contributed by atoms with Crippen molar-refractivity contribution in [2.45, 2.75) is 39.9 Å². The van der Waals surface area contributed by atoms with Crippen molar-refractivity contribution in [3.63, 3.8) is 0 Å². The molecule has 1 unspecified atom stereocenters. The number of anilines is 1. The van der Waals surface area contributed by atoms with E-state index >= 15 is 0 Å². The lowest BCUT2D eigenvalue weighted by Gasteiger charge is -2.19. The summed E-state index contributed by atoms with van der Waals surface area (Å²) in [4.78, 5) is 13.9. The summed E-state index contributed by atoms with van der Waals surface area (Å²) in [5, 5.41) is 7.60. The van der Waals surface area contributed by atoms with Crippen LogP contribution in [0.1, 0.15) is 41.8 Å². The molecular weight excluding hydrogens is 518 g/mol. The Balaban J connectivity index is 1.45. The van der Waals surface area contributed by atoms with E-state index in [1.54, 1.807) is 17.8 Å². The molecule has 0 aliphatic carbocycles. The van der Waals surface area contributed by atoms with E-state index in [0.717, 1.165) is 23.3 Å². The summed E-state index contributed by atoms with van der Waals surface area (Å²) in [6, 6.07) is 26.3. The van der Waals surface area contributed by atoms with Crippen molar-refractivity contribution in [3.8, 4) is 28.9 Å². The molecule has 0 saturated heterocycles. The number of hydrogen-bond donors (Lipinski definition) is 1. The number of para-hydroxylation sites is 1. The first-order chi connectivity index (χ1) is 19.9. The number of nitrogens with zero attached hydrogens (tertiary/aromatic N) is 2. The van der Waals surface area contributed by atoms with E-state index in [1.165, 1.54) is 0 Å². The summed E-state index contributed by atoms with van der Waals surface area (Å²) < 4.78 is 25.3. The topological polar surface area (TPSA) is 83.3 Å². The number of fused-ring (bicyclic) bond motifs is 1. The Hall–Kier alpha value is -4.98. The summed E-state index contributed by atoms with van der Waals surface area (Å²) >= 11 is 0. The number of amides is 1. The summed E-state index contributed by atoms with van der Waals surface area (Å²) in [7, 11) is 1.62. The first-order valence-corrected chi connectivity index (χ1v) is 13.5. The Morgan fingerprint density at radius 2 is 1.71 bits per heavy atom. The maximum Gasteiger partial charge on any atom is 0.263 e. The number of ether oxygens (including phenoxy) is 4. The molecule has 3 aromatic carbocycles. The molecule has 210 valence electrons. The predicted molar refractivity (Wildman–Crippen MR) is 159 cm³/mol. The number of methoxy groups -OCH3 is 1. The van der Waals surface area contributed by atoms with Crippen LogP contribution in [0.2, 0.25) is 0 Å². The van der Waals surface area contributed by atoms with Crippen LogP contribution in [0.25, 0.3) is 5.52 Å². The van der Waals surface area contributed by atoms with Gasteiger partial charge in [0.05, 0.1) is 24.4 Å². The number of carbonyl (C=O) groups excluding carboxylic acids is 1. The van der Waals surface area contributed by atoms with E-state index in [4.69, 9.17) is 18.9 Å². The molecule has 0 aliphatic heterocycles. The molecule has 0 radical (unpaired) electrons. The van der Waals surface area contributed by atoms with Crippen LogP contribution >= 0.6 is 0 Å². The van der Waals surface area contributed by atoms with Gasteiger partial charge in [-0.15, -0.1) is 5.10 Å². The van der Waals surface area contributed by atoms with Crippen molar-refractivity contribution < 1.29 is 23.7 Å². The summed E-state index contributed by atoms with van der Waals surface area (Å²) in [5.41, 5.74) is 3.25. The molecule has 1 atom stereocenters. The lowest BCUT2D eigenvalue weighted by molar-refractivity contribution is 0.102. The van der Waals surface area contributed by atoms with Gasteiger partial charge in [-0.25, -0.2) is 4.52 Å². The van der Waals surface area contributed by atoms with Gasteiger partial charge in [0.25, 0.3) is 5.91 Å².